The number of amides is 3. The summed E-state index contributed by atoms with van der Waals surface area (Å²) in [5.74, 6) is 0.143. The van der Waals surface area contributed by atoms with E-state index >= 15 is 0 Å². The van der Waals surface area contributed by atoms with Gasteiger partial charge in [0.15, 0.2) is 0 Å². The van der Waals surface area contributed by atoms with Gasteiger partial charge in [0.1, 0.15) is 11.9 Å². The minimum absolute atomic E-state index is 0.00971. The molecule has 0 saturated carbocycles. The third-order valence-corrected chi connectivity index (χ3v) is 13.9. The number of alkyl carbamates (subject to hydrolysis) is 1. The molecule has 6 heterocycles. The summed E-state index contributed by atoms with van der Waals surface area (Å²) in [4.78, 5) is 71.0. The van der Waals surface area contributed by atoms with Gasteiger partial charge in [0.05, 0.1) is 61.1 Å². The number of carbonyl (C=O) groups excluding carboxylic acids is 4. The molecule has 12 nitrogen and oxygen atoms in total. The van der Waals surface area contributed by atoms with E-state index in [0.717, 1.165) is 51.5 Å². The number of nitrogens with zero attached hydrogens (tertiary/aromatic N) is 4. The predicted octanol–water partition coefficient (Wildman–Crippen LogP) is 8.43. The highest BCUT2D eigenvalue weighted by molar-refractivity contribution is 7.27. The number of esters is 1. The average Bonchev–Trinajstić information content (AvgIpc) is 4.05. The molecule has 308 valence electrons. The first-order chi connectivity index (χ1) is 27.8. The molecule has 0 bridgehead atoms. The zero-order valence-corrected chi connectivity index (χ0v) is 36.2. The Labute approximate surface area is 348 Å². The Morgan fingerprint density at radius 2 is 1.55 bits per heavy atom. The molecular formula is C44H54N6O6S2. The second-order valence-corrected chi connectivity index (χ2v) is 18.8. The highest BCUT2D eigenvalue weighted by Gasteiger charge is 2.43. The fraction of sp³-hybridized carbons (Fsp3) is 0.500. The molecule has 0 unspecified atom stereocenters. The molecule has 1 aromatic carbocycles. The quantitative estimate of drug-likeness (QED) is 0.136. The van der Waals surface area contributed by atoms with Crippen LogP contribution in [0, 0.1) is 29.6 Å². The second kappa shape index (κ2) is 17.2. The van der Waals surface area contributed by atoms with E-state index in [-0.39, 0.29) is 54.0 Å². The number of aromatic nitrogens is 2. The van der Waals surface area contributed by atoms with Crippen molar-refractivity contribution >= 4 is 72.9 Å². The second-order valence-electron chi connectivity index (χ2n) is 16.8. The van der Waals surface area contributed by atoms with Gasteiger partial charge in [-0.1, -0.05) is 65.8 Å². The fourth-order valence-corrected chi connectivity index (χ4v) is 10.8. The van der Waals surface area contributed by atoms with Crippen LogP contribution in [0.4, 0.5) is 4.79 Å². The number of H-pyrrole nitrogens is 1. The van der Waals surface area contributed by atoms with Crippen LogP contribution >= 0.6 is 22.7 Å². The number of imidazole rings is 1. The van der Waals surface area contributed by atoms with Gasteiger partial charge in [0.25, 0.3) is 0 Å². The van der Waals surface area contributed by atoms with Crippen molar-refractivity contribution in [2.45, 2.75) is 85.4 Å². The molecule has 58 heavy (non-hydrogen) atoms. The number of ether oxygens (including phenoxy) is 2. The lowest BCUT2D eigenvalue weighted by atomic mass is 9.90. The van der Waals surface area contributed by atoms with E-state index in [0.29, 0.717) is 31.3 Å². The molecular weight excluding hydrogens is 773 g/mol. The number of rotatable bonds is 12. The summed E-state index contributed by atoms with van der Waals surface area (Å²) in [5, 5.41) is 4.84. The van der Waals surface area contributed by atoms with E-state index in [1.54, 1.807) is 22.7 Å². The van der Waals surface area contributed by atoms with Crippen molar-refractivity contribution in [1.29, 1.82) is 0 Å². The van der Waals surface area contributed by atoms with Crippen molar-refractivity contribution in [3.63, 3.8) is 0 Å². The zero-order valence-electron chi connectivity index (χ0n) is 34.5. The molecule has 3 aliphatic rings. The highest BCUT2D eigenvalue weighted by Crippen LogP contribution is 2.44. The van der Waals surface area contributed by atoms with Gasteiger partial charge in [-0.2, -0.15) is 0 Å². The van der Waals surface area contributed by atoms with E-state index in [9.17, 15) is 19.2 Å². The minimum atomic E-state index is -0.712. The Kier molecular flexibility index (Phi) is 12.3. The summed E-state index contributed by atoms with van der Waals surface area (Å²) in [6, 6.07) is 11.7. The highest BCUT2D eigenvalue weighted by atomic mass is 32.1. The summed E-state index contributed by atoms with van der Waals surface area (Å²) in [7, 11) is 2.66. The Hall–Kier alpha value is -4.82. The number of nitrogens with one attached hydrogen (secondary N) is 2. The first-order valence-electron chi connectivity index (χ1n) is 20.2. The molecule has 14 heteroatoms. The molecule has 2 N–H and O–H groups in total. The first-order valence-corrected chi connectivity index (χ1v) is 21.9. The van der Waals surface area contributed by atoms with Crippen molar-refractivity contribution in [3.05, 3.63) is 64.2 Å². The Morgan fingerprint density at radius 3 is 2.19 bits per heavy atom. The van der Waals surface area contributed by atoms with Crippen molar-refractivity contribution in [3.8, 4) is 11.3 Å². The Morgan fingerprint density at radius 1 is 0.879 bits per heavy atom. The average molecular weight is 827 g/mol. The van der Waals surface area contributed by atoms with E-state index in [1.165, 1.54) is 23.6 Å². The first kappa shape index (κ1) is 41.3. The third kappa shape index (κ3) is 8.36. The number of benzene rings is 1. The summed E-state index contributed by atoms with van der Waals surface area (Å²) in [6.07, 6.45) is 3.44. The van der Waals surface area contributed by atoms with Crippen LogP contribution in [0.5, 0.6) is 0 Å². The van der Waals surface area contributed by atoms with Crippen molar-refractivity contribution < 1.29 is 28.7 Å². The van der Waals surface area contributed by atoms with E-state index < -0.39 is 18.1 Å². The molecule has 0 spiro atoms. The normalized spacial score (nSPS) is 21.9. The number of fused-ring (bicyclic) bond motifs is 1. The lowest BCUT2D eigenvalue weighted by Gasteiger charge is -2.30. The maximum absolute atomic E-state index is 14.2. The SMILES string of the molecule is COC(=O)C[C@H](C(=O)N1C[C@@H](C)C[C@H]1C1=NC(c2cc3sccc3s2)=C(c2ccc(-c3cnc([C@@H]4C[C@H](C)CN4C(=O)[C@@H](NC(=O)OC)C(C)C)[nH]3)cc2)C1)C(C)C. The Bertz CT molecular complexity index is 2210. The van der Waals surface area contributed by atoms with E-state index in [2.05, 4.69) is 65.9 Å². The van der Waals surface area contributed by atoms with Gasteiger partial charge < -0.3 is 29.6 Å². The topological polar surface area (TPSA) is 146 Å². The molecule has 4 aromatic rings. The smallest absolute Gasteiger partial charge is 0.407 e. The van der Waals surface area contributed by atoms with Gasteiger partial charge in [-0.3, -0.25) is 19.4 Å². The van der Waals surface area contributed by atoms with Crippen LogP contribution in [0.1, 0.15) is 89.5 Å². The van der Waals surface area contributed by atoms with Crippen LogP contribution in [0.25, 0.3) is 31.9 Å². The van der Waals surface area contributed by atoms with Gasteiger partial charge in [0, 0.05) is 34.6 Å². The summed E-state index contributed by atoms with van der Waals surface area (Å²) >= 11 is 3.46. The van der Waals surface area contributed by atoms with E-state index in [1.807, 2.05) is 43.7 Å². The van der Waals surface area contributed by atoms with Gasteiger partial charge >= 0.3 is 12.1 Å². The number of allylic oxidation sites excluding steroid dienone is 1. The number of hydrogen-bond acceptors (Lipinski definition) is 10. The number of methoxy groups -OCH3 is 2. The maximum Gasteiger partial charge on any atom is 0.407 e. The molecule has 2 fully saturated rings. The molecule has 3 aliphatic heterocycles. The van der Waals surface area contributed by atoms with Crippen LogP contribution in [0.3, 0.4) is 0 Å². The summed E-state index contributed by atoms with van der Waals surface area (Å²) < 4.78 is 12.2. The lowest BCUT2D eigenvalue weighted by molar-refractivity contribution is -0.148. The molecule has 0 aliphatic carbocycles. The van der Waals surface area contributed by atoms with Crippen molar-refractivity contribution in [2.24, 2.45) is 34.6 Å². The van der Waals surface area contributed by atoms with Crippen LogP contribution in [-0.2, 0) is 23.9 Å². The number of hydrogen-bond donors (Lipinski definition) is 2. The standard InChI is InChI=1S/C44H54N6O6S2/c1-23(2)29(18-38(51)55-7)42(52)49-21-25(5)15-33(49)31-17-30(40(46-31)37-19-36-35(58-37)13-14-57-36)27-9-11-28(12-10-27)32-20-45-41(47-32)34-16-26(6)22-50(34)43(53)39(24(3)4)48-44(54)56-8/h9-14,19-20,23-26,29,33-34,39H,15-18,21-22H2,1-8H3,(H,45,47)(H,48,54)/t25-,26-,29-,33-,34-,39-/m0/s1. The molecule has 7 rings (SSSR count). The van der Waals surface area contributed by atoms with Crippen LogP contribution in [0.15, 0.2) is 53.0 Å². The molecule has 2 saturated heterocycles. The van der Waals surface area contributed by atoms with Crippen LogP contribution in [-0.4, -0.2) is 88.7 Å². The van der Waals surface area contributed by atoms with Gasteiger partial charge in [-0.15, -0.1) is 22.7 Å². The number of thiophene rings is 2. The van der Waals surface area contributed by atoms with Gasteiger partial charge in [-0.25, -0.2) is 9.78 Å². The monoisotopic (exact) mass is 826 g/mol. The van der Waals surface area contributed by atoms with Crippen LogP contribution < -0.4 is 5.32 Å². The molecule has 0 radical (unpaired) electrons. The predicted molar refractivity (Wildman–Crippen MR) is 229 cm³/mol. The minimum Gasteiger partial charge on any atom is -0.469 e. The van der Waals surface area contributed by atoms with Crippen molar-refractivity contribution in [2.75, 3.05) is 27.3 Å². The maximum atomic E-state index is 14.2. The fourth-order valence-electron chi connectivity index (χ4n) is 8.65. The summed E-state index contributed by atoms with van der Waals surface area (Å²) in [6.45, 7) is 13.3. The molecule has 3 aromatic heterocycles. The number of aliphatic imine (C=N–C) groups is 1. The Balaban J connectivity index is 1.15. The molecule has 3 amide bonds. The number of carbonyl (C=O) groups is 4. The third-order valence-electron chi connectivity index (χ3n) is 11.8. The number of likely N-dealkylation sites (tertiary alicyclic amines) is 2. The van der Waals surface area contributed by atoms with Gasteiger partial charge in [-0.05, 0) is 70.7 Å². The van der Waals surface area contributed by atoms with Crippen molar-refractivity contribution in [1.82, 2.24) is 25.1 Å². The zero-order chi connectivity index (χ0) is 41.4. The van der Waals surface area contributed by atoms with E-state index in [4.69, 9.17) is 19.5 Å². The van der Waals surface area contributed by atoms with Crippen LogP contribution in [0.2, 0.25) is 0 Å². The largest absolute Gasteiger partial charge is 0.469 e. The van der Waals surface area contributed by atoms with Gasteiger partial charge in [0.2, 0.25) is 11.8 Å². The number of aromatic amines is 1. The summed E-state index contributed by atoms with van der Waals surface area (Å²) in [5.41, 5.74) is 5.92. The lowest BCUT2D eigenvalue weighted by Crippen LogP contribution is -2.51. The molecule has 6 atom stereocenters.